The largest absolute Gasteiger partial charge is 0.480 e. The van der Waals surface area contributed by atoms with Gasteiger partial charge in [-0.25, -0.2) is 0 Å². The van der Waals surface area contributed by atoms with Crippen molar-refractivity contribution in [2.24, 2.45) is 0 Å². The number of rotatable bonds is 13. The molecule has 0 fully saturated rings. The number of aliphatic hydroxyl groups is 1. The Balaban J connectivity index is 3.77. The molecule has 122 valence electrons. The summed E-state index contributed by atoms with van der Waals surface area (Å²) >= 11 is 0. The van der Waals surface area contributed by atoms with Crippen molar-refractivity contribution in [1.29, 1.82) is 0 Å². The first-order valence-corrected chi connectivity index (χ1v) is 7.56. The Hall–Kier alpha value is -1.40. The highest BCUT2D eigenvalue weighted by molar-refractivity contribution is 5.75. The van der Waals surface area contributed by atoms with Crippen molar-refractivity contribution in [1.82, 2.24) is 10.2 Å². The summed E-state index contributed by atoms with van der Waals surface area (Å²) in [7, 11) is 0. The molecule has 0 aromatic rings. The Morgan fingerprint density at radius 2 is 1.95 bits per heavy atom. The topological polar surface area (TPSA) is 89.9 Å². The van der Waals surface area contributed by atoms with Gasteiger partial charge in [0.1, 0.15) is 0 Å². The van der Waals surface area contributed by atoms with E-state index in [0.717, 1.165) is 19.3 Å². The molecule has 1 amide bonds. The Bertz CT molecular complexity index is 319. The molecule has 0 spiro atoms. The number of unbranched alkanes of at least 4 members (excludes halogenated alkanes) is 1. The van der Waals surface area contributed by atoms with Gasteiger partial charge in [-0.15, -0.1) is 0 Å². The van der Waals surface area contributed by atoms with Crippen LogP contribution in [0.15, 0.2) is 12.2 Å². The summed E-state index contributed by atoms with van der Waals surface area (Å²) < 4.78 is 0. The first-order chi connectivity index (χ1) is 10.1. The monoisotopic (exact) mass is 300 g/mol. The van der Waals surface area contributed by atoms with Gasteiger partial charge in [0, 0.05) is 32.7 Å². The molecular weight excluding hydrogens is 272 g/mol. The zero-order valence-electron chi connectivity index (χ0n) is 12.9. The summed E-state index contributed by atoms with van der Waals surface area (Å²) in [5.41, 5.74) is 0. The summed E-state index contributed by atoms with van der Waals surface area (Å²) in [5.74, 6) is -0.903. The van der Waals surface area contributed by atoms with E-state index < -0.39 is 5.97 Å². The van der Waals surface area contributed by atoms with Crippen LogP contribution in [0, 0.1) is 0 Å². The Labute approximate surface area is 126 Å². The second-order valence-electron chi connectivity index (χ2n) is 4.87. The number of carbonyl (C=O) groups excluding carboxylic acids is 1. The third kappa shape index (κ3) is 13.3. The fourth-order valence-electron chi connectivity index (χ4n) is 1.86. The summed E-state index contributed by atoms with van der Waals surface area (Å²) in [6.45, 7) is 3.46. The fourth-order valence-corrected chi connectivity index (χ4v) is 1.86. The molecule has 0 aromatic heterocycles. The molecule has 0 atom stereocenters. The van der Waals surface area contributed by atoms with Crippen LogP contribution in [-0.2, 0) is 9.59 Å². The van der Waals surface area contributed by atoms with Crippen LogP contribution in [-0.4, -0.2) is 59.8 Å². The van der Waals surface area contributed by atoms with Crippen LogP contribution >= 0.6 is 0 Å². The zero-order chi connectivity index (χ0) is 15.9. The molecule has 0 aliphatic heterocycles. The molecule has 6 nitrogen and oxygen atoms in total. The summed E-state index contributed by atoms with van der Waals surface area (Å²) in [6.07, 6.45) is 7.93. The van der Waals surface area contributed by atoms with Gasteiger partial charge in [0.2, 0.25) is 5.91 Å². The summed E-state index contributed by atoms with van der Waals surface area (Å²) in [5, 5.41) is 20.3. The number of hydrogen-bond acceptors (Lipinski definition) is 4. The van der Waals surface area contributed by atoms with Gasteiger partial charge < -0.3 is 15.5 Å². The highest BCUT2D eigenvalue weighted by Gasteiger charge is 2.09. The fraction of sp³-hybridized carbons (Fsp3) is 0.733. The molecule has 6 heteroatoms. The van der Waals surface area contributed by atoms with Crippen LogP contribution in [0.5, 0.6) is 0 Å². The molecular formula is C15H28N2O4. The maximum atomic E-state index is 11.6. The van der Waals surface area contributed by atoms with Gasteiger partial charge in [-0.3, -0.25) is 14.5 Å². The summed E-state index contributed by atoms with van der Waals surface area (Å²) in [6, 6.07) is 0. The van der Waals surface area contributed by atoms with E-state index in [1.807, 2.05) is 0 Å². The van der Waals surface area contributed by atoms with E-state index in [9.17, 15) is 9.59 Å². The Morgan fingerprint density at radius 3 is 2.57 bits per heavy atom. The first-order valence-electron chi connectivity index (χ1n) is 7.56. The average molecular weight is 300 g/mol. The lowest BCUT2D eigenvalue weighted by atomic mass is 10.2. The number of amides is 1. The van der Waals surface area contributed by atoms with Crippen LogP contribution in [0.4, 0.5) is 0 Å². The maximum absolute atomic E-state index is 11.6. The number of carbonyl (C=O) groups is 2. The lowest BCUT2D eigenvalue weighted by Crippen LogP contribution is -2.38. The van der Waals surface area contributed by atoms with E-state index in [1.165, 1.54) is 0 Å². The van der Waals surface area contributed by atoms with Crippen molar-refractivity contribution in [3.63, 3.8) is 0 Å². The molecule has 0 rings (SSSR count). The van der Waals surface area contributed by atoms with E-state index >= 15 is 0 Å². The molecule has 0 heterocycles. The smallest absolute Gasteiger partial charge is 0.317 e. The van der Waals surface area contributed by atoms with Gasteiger partial charge in [-0.1, -0.05) is 19.1 Å². The summed E-state index contributed by atoms with van der Waals surface area (Å²) in [4.78, 5) is 24.0. The van der Waals surface area contributed by atoms with Gasteiger partial charge in [0.15, 0.2) is 0 Å². The molecule has 0 radical (unpaired) electrons. The Morgan fingerprint density at radius 1 is 1.19 bits per heavy atom. The molecule has 0 aromatic carbocycles. The van der Waals surface area contributed by atoms with Crippen LogP contribution in [0.2, 0.25) is 0 Å². The number of nitrogens with one attached hydrogen (secondary N) is 1. The van der Waals surface area contributed by atoms with Crippen LogP contribution in [0.1, 0.15) is 39.0 Å². The quantitative estimate of drug-likeness (QED) is 0.349. The van der Waals surface area contributed by atoms with Crippen LogP contribution in [0.25, 0.3) is 0 Å². The minimum atomic E-state index is -0.901. The second-order valence-corrected chi connectivity index (χ2v) is 4.87. The van der Waals surface area contributed by atoms with Crippen molar-refractivity contribution in [3.05, 3.63) is 12.2 Å². The lowest BCUT2D eigenvalue weighted by molar-refractivity contribution is -0.138. The number of allylic oxidation sites excluding steroid dienone is 2. The van der Waals surface area contributed by atoms with Gasteiger partial charge in [-0.2, -0.15) is 0 Å². The molecule has 0 bridgehead atoms. The lowest BCUT2D eigenvalue weighted by Gasteiger charge is -2.19. The number of aliphatic carboxylic acids is 1. The molecule has 21 heavy (non-hydrogen) atoms. The van der Waals surface area contributed by atoms with Crippen molar-refractivity contribution >= 4 is 11.9 Å². The number of carboxylic acid groups (broad SMARTS) is 1. The molecule has 0 saturated heterocycles. The third-order valence-electron chi connectivity index (χ3n) is 2.92. The number of carboxylic acids is 1. The standard InChI is InChI=1S/C15H28N2O4/c1-2-3-4-5-6-8-14(19)16-9-11-17(10-7-12-18)13-15(20)21/h3-4,18H,2,5-13H2,1H3,(H,16,19)(H,20,21)/b4-3+. The van der Waals surface area contributed by atoms with Crippen molar-refractivity contribution in [2.45, 2.75) is 39.0 Å². The zero-order valence-corrected chi connectivity index (χ0v) is 12.9. The third-order valence-corrected chi connectivity index (χ3v) is 2.92. The van der Waals surface area contributed by atoms with Crippen LogP contribution < -0.4 is 5.32 Å². The Kier molecular flexibility index (Phi) is 12.7. The van der Waals surface area contributed by atoms with Crippen LogP contribution in [0.3, 0.4) is 0 Å². The molecule has 3 N–H and O–H groups in total. The normalized spacial score (nSPS) is 11.2. The highest BCUT2D eigenvalue weighted by Crippen LogP contribution is 1.97. The SMILES string of the molecule is CC/C=C/CCCC(=O)NCCN(CCCO)CC(=O)O. The molecule has 0 unspecified atom stereocenters. The van der Waals surface area contributed by atoms with E-state index in [1.54, 1.807) is 4.90 Å². The van der Waals surface area contributed by atoms with E-state index in [-0.39, 0.29) is 19.1 Å². The predicted octanol–water partition coefficient (Wildman–Crippen LogP) is 1.01. The van der Waals surface area contributed by atoms with Gasteiger partial charge >= 0.3 is 5.97 Å². The maximum Gasteiger partial charge on any atom is 0.317 e. The molecule has 0 aliphatic rings. The number of aliphatic hydroxyl groups excluding tert-OH is 1. The van der Waals surface area contributed by atoms with E-state index in [0.29, 0.717) is 32.5 Å². The predicted molar refractivity (Wildman–Crippen MR) is 82.1 cm³/mol. The molecule has 0 aliphatic carbocycles. The second kappa shape index (κ2) is 13.6. The minimum Gasteiger partial charge on any atom is -0.480 e. The van der Waals surface area contributed by atoms with Gasteiger partial charge in [0.25, 0.3) is 0 Å². The average Bonchev–Trinajstić information content (AvgIpc) is 2.43. The minimum absolute atomic E-state index is 0.00247. The first kappa shape index (κ1) is 19.6. The van der Waals surface area contributed by atoms with E-state index in [4.69, 9.17) is 10.2 Å². The number of nitrogens with zero attached hydrogens (tertiary/aromatic N) is 1. The van der Waals surface area contributed by atoms with Gasteiger partial charge in [-0.05, 0) is 25.7 Å². The van der Waals surface area contributed by atoms with Crippen molar-refractivity contribution in [2.75, 3.05) is 32.8 Å². The van der Waals surface area contributed by atoms with E-state index in [2.05, 4.69) is 24.4 Å². The molecule has 0 saturated carbocycles. The van der Waals surface area contributed by atoms with Crippen molar-refractivity contribution < 1.29 is 19.8 Å². The number of hydrogen-bond donors (Lipinski definition) is 3. The highest BCUT2D eigenvalue weighted by atomic mass is 16.4. The van der Waals surface area contributed by atoms with Gasteiger partial charge in [0.05, 0.1) is 6.54 Å². The van der Waals surface area contributed by atoms with Crippen molar-refractivity contribution in [3.8, 4) is 0 Å².